The topological polar surface area (TPSA) is 119 Å². The highest BCUT2D eigenvalue weighted by atomic mass is 16.5. The molecule has 3 heterocycles. The number of nitrogens with one attached hydrogen (secondary N) is 1. The Morgan fingerprint density at radius 3 is 2.79 bits per heavy atom. The predicted molar refractivity (Wildman–Crippen MR) is 104 cm³/mol. The van der Waals surface area contributed by atoms with Gasteiger partial charge in [0, 0.05) is 24.2 Å². The molecule has 0 amide bonds. The summed E-state index contributed by atoms with van der Waals surface area (Å²) >= 11 is 0. The van der Waals surface area contributed by atoms with Crippen molar-refractivity contribution in [3.63, 3.8) is 0 Å². The molecule has 0 unspecified atom stereocenters. The molecule has 0 spiro atoms. The van der Waals surface area contributed by atoms with Crippen LogP contribution in [0.2, 0.25) is 0 Å². The lowest BCUT2D eigenvalue weighted by molar-refractivity contribution is 0.0695. The highest BCUT2D eigenvalue weighted by Gasteiger charge is 2.47. The zero-order valence-corrected chi connectivity index (χ0v) is 16.7. The minimum Gasteiger partial charge on any atom is -0.384 e. The summed E-state index contributed by atoms with van der Waals surface area (Å²) in [5.74, 6) is 0.337. The van der Waals surface area contributed by atoms with Crippen LogP contribution < -0.4 is 5.32 Å². The summed E-state index contributed by atoms with van der Waals surface area (Å²) in [6, 6.07) is 9.15. The molecule has 0 aliphatic carbocycles. The third-order valence-electron chi connectivity index (χ3n) is 5.51. The fraction of sp³-hybridized carbons (Fsp3) is 0.450. The van der Waals surface area contributed by atoms with Crippen LogP contribution >= 0.6 is 0 Å². The van der Waals surface area contributed by atoms with Crippen LogP contribution in [0, 0.1) is 0 Å². The van der Waals surface area contributed by atoms with E-state index in [1.807, 2.05) is 12.1 Å². The molecule has 9 nitrogen and oxygen atoms in total. The summed E-state index contributed by atoms with van der Waals surface area (Å²) in [5, 5.41) is 29.5. The van der Waals surface area contributed by atoms with Crippen molar-refractivity contribution in [2.75, 3.05) is 6.54 Å². The SMILES string of the molecule is C[C@@H]1CC[C@](C(=O)c2ccccc2-n2ncnn2)(c2cc(C(C)(C)O)no2)CN1. The van der Waals surface area contributed by atoms with Gasteiger partial charge in [0.05, 0.1) is 5.69 Å². The first kappa shape index (κ1) is 19.4. The summed E-state index contributed by atoms with van der Waals surface area (Å²) in [6.45, 7) is 5.77. The van der Waals surface area contributed by atoms with E-state index in [1.165, 1.54) is 11.1 Å². The van der Waals surface area contributed by atoms with E-state index in [0.717, 1.165) is 6.42 Å². The lowest BCUT2D eigenvalue weighted by atomic mass is 9.71. The van der Waals surface area contributed by atoms with Crippen molar-refractivity contribution in [1.29, 1.82) is 0 Å². The fourth-order valence-corrected chi connectivity index (χ4v) is 3.68. The van der Waals surface area contributed by atoms with Crippen molar-refractivity contribution in [2.45, 2.75) is 50.7 Å². The van der Waals surface area contributed by atoms with Crippen LogP contribution in [0.5, 0.6) is 0 Å². The second-order valence-corrected chi connectivity index (χ2v) is 8.11. The Labute approximate surface area is 168 Å². The molecule has 152 valence electrons. The Morgan fingerprint density at radius 2 is 2.17 bits per heavy atom. The van der Waals surface area contributed by atoms with Crippen molar-refractivity contribution in [3.8, 4) is 5.69 Å². The van der Waals surface area contributed by atoms with Gasteiger partial charge >= 0.3 is 0 Å². The molecular formula is C20H24N6O3. The molecule has 0 bridgehead atoms. The number of Topliss-reactive ketones (excluding diaryl/α,β-unsaturated/α-hetero) is 1. The maximum absolute atomic E-state index is 13.9. The summed E-state index contributed by atoms with van der Waals surface area (Å²) in [6.07, 6.45) is 2.72. The number of carbonyl (C=O) groups is 1. The highest BCUT2D eigenvalue weighted by molar-refractivity contribution is 6.06. The lowest BCUT2D eigenvalue weighted by Crippen LogP contribution is -2.52. The molecule has 3 aromatic rings. The van der Waals surface area contributed by atoms with Crippen LogP contribution in [-0.2, 0) is 11.0 Å². The van der Waals surface area contributed by atoms with Gasteiger partial charge in [0.1, 0.15) is 16.7 Å². The normalized spacial score (nSPS) is 22.6. The van der Waals surface area contributed by atoms with Gasteiger partial charge in [-0.2, -0.15) is 0 Å². The number of aliphatic hydroxyl groups is 1. The smallest absolute Gasteiger partial charge is 0.180 e. The number of tetrazole rings is 1. The summed E-state index contributed by atoms with van der Waals surface area (Å²) < 4.78 is 5.62. The molecule has 4 rings (SSSR count). The van der Waals surface area contributed by atoms with E-state index < -0.39 is 11.0 Å². The third kappa shape index (κ3) is 3.47. The molecule has 0 radical (unpaired) electrons. The van der Waals surface area contributed by atoms with Gasteiger partial charge < -0.3 is 14.9 Å². The molecule has 1 aromatic carbocycles. The Balaban J connectivity index is 1.81. The van der Waals surface area contributed by atoms with Crippen molar-refractivity contribution < 1.29 is 14.4 Å². The predicted octanol–water partition coefficient (Wildman–Crippen LogP) is 1.77. The van der Waals surface area contributed by atoms with Gasteiger partial charge in [-0.15, -0.1) is 15.0 Å². The van der Waals surface area contributed by atoms with E-state index in [9.17, 15) is 9.90 Å². The van der Waals surface area contributed by atoms with E-state index in [2.05, 4.69) is 32.8 Å². The quantitative estimate of drug-likeness (QED) is 0.626. The Bertz CT molecular complexity index is 997. The maximum atomic E-state index is 13.9. The first-order chi connectivity index (χ1) is 13.8. The number of para-hydroxylation sites is 1. The second-order valence-electron chi connectivity index (χ2n) is 8.11. The molecule has 2 atom stereocenters. The van der Waals surface area contributed by atoms with E-state index >= 15 is 0 Å². The third-order valence-corrected chi connectivity index (χ3v) is 5.51. The molecular weight excluding hydrogens is 372 g/mol. The van der Waals surface area contributed by atoms with Crippen molar-refractivity contribution in [2.24, 2.45) is 0 Å². The summed E-state index contributed by atoms with van der Waals surface area (Å²) in [4.78, 5) is 15.3. The Morgan fingerprint density at radius 1 is 1.38 bits per heavy atom. The zero-order valence-electron chi connectivity index (χ0n) is 16.7. The van der Waals surface area contributed by atoms with Crippen LogP contribution in [0.25, 0.3) is 5.69 Å². The van der Waals surface area contributed by atoms with Gasteiger partial charge in [0.2, 0.25) is 0 Å². The minimum atomic E-state index is -1.16. The van der Waals surface area contributed by atoms with E-state index in [0.29, 0.717) is 41.7 Å². The molecule has 29 heavy (non-hydrogen) atoms. The van der Waals surface area contributed by atoms with Gasteiger partial charge in [-0.25, -0.2) is 0 Å². The second kappa shape index (κ2) is 7.16. The van der Waals surface area contributed by atoms with Crippen LogP contribution in [0.4, 0.5) is 0 Å². The minimum absolute atomic E-state index is 0.108. The number of rotatable bonds is 5. The largest absolute Gasteiger partial charge is 0.384 e. The molecule has 2 aromatic heterocycles. The summed E-state index contributed by atoms with van der Waals surface area (Å²) in [7, 11) is 0. The number of piperidine rings is 1. The van der Waals surface area contributed by atoms with E-state index in [-0.39, 0.29) is 5.78 Å². The molecule has 1 fully saturated rings. The van der Waals surface area contributed by atoms with Crippen LogP contribution in [0.15, 0.2) is 41.2 Å². The maximum Gasteiger partial charge on any atom is 0.180 e. The first-order valence-corrected chi connectivity index (χ1v) is 9.62. The molecule has 2 N–H and O–H groups in total. The van der Waals surface area contributed by atoms with Gasteiger partial charge in [-0.05, 0) is 51.0 Å². The van der Waals surface area contributed by atoms with E-state index in [4.69, 9.17) is 4.52 Å². The number of hydrogen-bond acceptors (Lipinski definition) is 8. The van der Waals surface area contributed by atoms with Crippen molar-refractivity contribution >= 4 is 5.78 Å². The average molecular weight is 396 g/mol. The van der Waals surface area contributed by atoms with Gasteiger partial charge in [0.25, 0.3) is 0 Å². The van der Waals surface area contributed by atoms with Gasteiger partial charge in [-0.3, -0.25) is 4.79 Å². The standard InChI is InChI=1S/C20H24N6O3/c1-13-8-9-20(11-21-13,17-10-16(24-29-17)19(2,3)28)18(27)14-6-4-5-7-15(14)26-23-12-22-25-26/h4-7,10,12-13,21,28H,8-9,11H2,1-3H3/t13-,20-/m1/s1. The number of nitrogens with zero attached hydrogens (tertiary/aromatic N) is 5. The fourth-order valence-electron chi connectivity index (χ4n) is 3.68. The Kier molecular flexibility index (Phi) is 4.79. The van der Waals surface area contributed by atoms with Crippen LogP contribution in [0.3, 0.4) is 0 Å². The van der Waals surface area contributed by atoms with E-state index in [1.54, 1.807) is 32.0 Å². The number of carbonyl (C=O) groups excluding carboxylic acids is 1. The Hall–Kier alpha value is -2.91. The zero-order chi connectivity index (χ0) is 20.6. The van der Waals surface area contributed by atoms with Crippen molar-refractivity contribution in [3.05, 3.63) is 53.7 Å². The lowest BCUT2D eigenvalue weighted by Gasteiger charge is -2.37. The number of hydrogen-bond donors (Lipinski definition) is 2. The summed E-state index contributed by atoms with van der Waals surface area (Å²) in [5.41, 5.74) is -0.688. The van der Waals surface area contributed by atoms with Gasteiger partial charge in [0.15, 0.2) is 17.9 Å². The number of benzene rings is 1. The number of aromatic nitrogens is 5. The molecule has 0 saturated carbocycles. The number of ketones is 1. The van der Waals surface area contributed by atoms with Gasteiger partial charge in [-0.1, -0.05) is 17.3 Å². The molecule has 1 saturated heterocycles. The van der Waals surface area contributed by atoms with Crippen LogP contribution in [-0.4, -0.2) is 48.8 Å². The molecule has 1 aliphatic heterocycles. The monoisotopic (exact) mass is 396 g/mol. The first-order valence-electron chi connectivity index (χ1n) is 9.62. The van der Waals surface area contributed by atoms with Crippen molar-refractivity contribution in [1.82, 2.24) is 30.7 Å². The molecule has 9 heteroatoms. The average Bonchev–Trinajstić information content (AvgIpc) is 3.40. The molecule has 1 aliphatic rings. The van der Waals surface area contributed by atoms with Crippen LogP contribution in [0.1, 0.15) is 55.4 Å². The highest BCUT2D eigenvalue weighted by Crippen LogP contribution is 2.38.